The van der Waals surface area contributed by atoms with E-state index >= 15 is 0 Å². The molecule has 1 aromatic rings. The van der Waals surface area contributed by atoms with Crippen LogP contribution in [0.2, 0.25) is 0 Å². The molecule has 1 unspecified atom stereocenters. The first-order valence-corrected chi connectivity index (χ1v) is 7.95. The van der Waals surface area contributed by atoms with Crippen LogP contribution in [0.3, 0.4) is 0 Å². The topological polar surface area (TPSA) is 46.3 Å². The Balaban J connectivity index is 0.00000147. The second-order valence-corrected chi connectivity index (χ2v) is 7.66. The Morgan fingerprint density at radius 2 is 2.20 bits per heavy atom. The van der Waals surface area contributed by atoms with Crippen molar-refractivity contribution < 1.29 is 4.79 Å². The van der Waals surface area contributed by atoms with Gasteiger partial charge in [0.15, 0.2) is 0 Å². The number of nitrogens with two attached hydrogens (primary N) is 1. The first kappa shape index (κ1) is 15.8. The van der Waals surface area contributed by atoms with Gasteiger partial charge in [-0.25, -0.2) is 0 Å². The highest BCUT2D eigenvalue weighted by Crippen LogP contribution is 2.33. The van der Waals surface area contributed by atoms with Gasteiger partial charge in [-0.05, 0) is 42.7 Å². The zero-order valence-corrected chi connectivity index (χ0v) is 13.8. The molecule has 0 bridgehead atoms. The van der Waals surface area contributed by atoms with Gasteiger partial charge >= 0.3 is 0 Å². The minimum Gasteiger partial charge on any atom is -0.337 e. The highest BCUT2D eigenvalue weighted by molar-refractivity contribution is 7.14. The molecule has 20 heavy (non-hydrogen) atoms. The summed E-state index contributed by atoms with van der Waals surface area (Å²) in [6, 6.07) is 2.32. The van der Waals surface area contributed by atoms with Crippen molar-refractivity contribution in [3.63, 3.8) is 0 Å². The van der Waals surface area contributed by atoms with Gasteiger partial charge in [0.05, 0.1) is 4.88 Å². The molecule has 3 rings (SSSR count). The second kappa shape index (κ2) is 5.66. The summed E-state index contributed by atoms with van der Waals surface area (Å²) in [6.45, 7) is 5.89. The fourth-order valence-electron chi connectivity index (χ4n) is 3.14. The Hall–Kier alpha value is -0.580. The molecule has 1 atom stereocenters. The Labute approximate surface area is 130 Å². The monoisotopic (exact) mass is 314 g/mol. The summed E-state index contributed by atoms with van der Waals surface area (Å²) in [5, 5.41) is 0. The molecule has 1 saturated heterocycles. The van der Waals surface area contributed by atoms with E-state index in [0.717, 1.165) is 37.2 Å². The minimum atomic E-state index is 0. The number of likely N-dealkylation sites (tertiary alicyclic amines) is 1. The van der Waals surface area contributed by atoms with Crippen molar-refractivity contribution in [1.29, 1.82) is 0 Å². The number of carbonyl (C=O) groups is 1. The lowest BCUT2D eigenvalue weighted by atomic mass is 9.79. The van der Waals surface area contributed by atoms with Gasteiger partial charge in [0.25, 0.3) is 5.91 Å². The van der Waals surface area contributed by atoms with Crippen molar-refractivity contribution in [3.05, 3.63) is 21.4 Å². The highest BCUT2D eigenvalue weighted by atomic mass is 35.5. The fourth-order valence-corrected chi connectivity index (χ4v) is 4.36. The number of amides is 1. The van der Waals surface area contributed by atoms with Crippen LogP contribution in [0.1, 0.15) is 46.8 Å². The first-order valence-electron chi connectivity index (χ1n) is 7.14. The smallest absolute Gasteiger partial charge is 0.263 e. The lowest BCUT2D eigenvalue weighted by molar-refractivity contribution is 0.0537. The van der Waals surface area contributed by atoms with E-state index in [1.165, 1.54) is 16.9 Å². The number of aryl methyl sites for hydroxylation is 2. The number of hydrogen-bond donors (Lipinski definition) is 1. The van der Waals surface area contributed by atoms with Gasteiger partial charge in [0, 0.05) is 24.0 Å². The van der Waals surface area contributed by atoms with E-state index in [4.69, 9.17) is 5.73 Å². The molecule has 2 N–H and O–H groups in total. The number of nitrogens with zero attached hydrogens (tertiary/aromatic N) is 1. The third kappa shape index (κ3) is 2.74. The third-order valence-electron chi connectivity index (χ3n) is 4.56. The van der Waals surface area contributed by atoms with Gasteiger partial charge in [0.1, 0.15) is 0 Å². The van der Waals surface area contributed by atoms with Crippen molar-refractivity contribution in [2.24, 2.45) is 11.1 Å². The van der Waals surface area contributed by atoms with Crippen LogP contribution in [-0.4, -0.2) is 29.9 Å². The summed E-state index contributed by atoms with van der Waals surface area (Å²) >= 11 is 1.70. The molecule has 0 aromatic carbocycles. The van der Waals surface area contributed by atoms with Gasteiger partial charge in [-0.2, -0.15) is 0 Å². The molecule has 112 valence electrons. The van der Waals surface area contributed by atoms with Crippen molar-refractivity contribution in [3.8, 4) is 0 Å². The molecule has 1 amide bonds. The van der Waals surface area contributed by atoms with Gasteiger partial charge in [0.2, 0.25) is 0 Å². The van der Waals surface area contributed by atoms with Crippen molar-refractivity contribution >= 4 is 29.7 Å². The molecule has 1 aliphatic heterocycles. The van der Waals surface area contributed by atoms with Crippen molar-refractivity contribution in [2.75, 3.05) is 13.1 Å². The summed E-state index contributed by atoms with van der Waals surface area (Å²) in [6.07, 6.45) is 4.46. The lowest BCUT2D eigenvalue weighted by Crippen LogP contribution is -2.53. The average molecular weight is 315 g/mol. The number of halogens is 1. The Morgan fingerprint density at radius 1 is 1.45 bits per heavy atom. The van der Waals surface area contributed by atoms with E-state index in [1.807, 2.05) is 4.90 Å². The number of fused-ring (bicyclic) bond motifs is 1. The standard InChI is InChI=1S/C15H22N2OS.ClH/c1-15(2)9-17(7-6-13(15)16)14(18)12-8-10-4-3-5-11(10)19-12;/h8,13H,3-7,9,16H2,1-2H3;1H. The molecule has 0 radical (unpaired) electrons. The minimum absolute atomic E-state index is 0. The van der Waals surface area contributed by atoms with E-state index in [2.05, 4.69) is 19.9 Å². The molecule has 0 saturated carbocycles. The van der Waals surface area contributed by atoms with E-state index in [1.54, 1.807) is 11.3 Å². The molecule has 2 heterocycles. The first-order chi connectivity index (χ1) is 8.97. The molecular weight excluding hydrogens is 292 g/mol. The van der Waals surface area contributed by atoms with Crippen LogP contribution in [0.25, 0.3) is 0 Å². The van der Waals surface area contributed by atoms with E-state index in [-0.39, 0.29) is 29.8 Å². The molecule has 5 heteroatoms. The van der Waals surface area contributed by atoms with Crippen LogP contribution in [0.5, 0.6) is 0 Å². The summed E-state index contributed by atoms with van der Waals surface area (Å²) in [7, 11) is 0. The highest BCUT2D eigenvalue weighted by Gasteiger charge is 2.36. The Kier molecular flexibility index (Phi) is 4.47. The van der Waals surface area contributed by atoms with Gasteiger partial charge in [-0.1, -0.05) is 13.8 Å². The normalized spacial score (nSPS) is 24.1. The van der Waals surface area contributed by atoms with Gasteiger partial charge in [-0.3, -0.25) is 4.79 Å². The maximum atomic E-state index is 12.6. The van der Waals surface area contributed by atoms with Crippen LogP contribution in [0.4, 0.5) is 0 Å². The summed E-state index contributed by atoms with van der Waals surface area (Å²) < 4.78 is 0. The third-order valence-corrected chi connectivity index (χ3v) is 5.78. The average Bonchev–Trinajstić information content (AvgIpc) is 2.92. The number of piperidine rings is 1. The molecule has 0 spiro atoms. The predicted octanol–water partition coefficient (Wildman–Crippen LogP) is 2.86. The molecule has 1 fully saturated rings. The zero-order valence-electron chi connectivity index (χ0n) is 12.1. The maximum absolute atomic E-state index is 12.6. The number of thiophene rings is 1. The van der Waals surface area contributed by atoms with Crippen LogP contribution < -0.4 is 5.73 Å². The quantitative estimate of drug-likeness (QED) is 0.866. The molecular formula is C15H23ClN2OS. The van der Waals surface area contributed by atoms with Gasteiger partial charge < -0.3 is 10.6 Å². The summed E-state index contributed by atoms with van der Waals surface area (Å²) in [4.78, 5) is 16.9. The molecule has 1 aromatic heterocycles. The predicted molar refractivity (Wildman–Crippen MR) is 85.9 cm³/mol. The van der Waals surface area contributed by atoms with E-state index < -0.39 is 0 Å². The largest absolute Gasteiger partial charge is 0.337 e. The van der Waals surface area contributed by atoms with Crippen LogP contribution in [-0.2, 0) is 12.8 Å². The summed E-state index contributed by atoms with van der Waals surface area (Å²) in [5.74, 6) is 0.208. The second-order valence-electron chi connectivity index (χ2n) is 6.52. The van der Waals surface area contributed by atoms with Crippen LogP contribution >= 0.6 is 23.7 Å². The number of rotatable bonds is 1. The van der Waals surface area contributed by atoms with Crippen molar-refractivity contribution in [2.45, 2.75) is 45.6 Å². The molecule has 3 nitrogen and oxygen atoms in total. The number of carbonyl (C=O) groups excluding carboxylic acids is 1. The van der Waals surface area contributed by atoms with Crippen LogP contribution in [0.15, 0.2) is 6.07 Å². The summed E-state index contributed by atoms with van der Waals surface area (Å²) in [5.41, 5.74) is 7.56. The number of hydrogen-bond acceptors (Lipinski definition) is 3. The maximum Gasteiger partial charge on any atom is 0.263 e. The fraction of sp³-hybridized carbons (Fsp3) is 0.667. The van der Waals surface area contributed by atoms with Crippen molar-refractivity contribution in [1.82, 2.24) is 4.90 Å². The van der Waals surface area contributed by atoms with E-state index in [9.17, 15) is 4.79 Å². The SMILES string of the molecule is CC1(C)CN(C(=O)c2cc3c(s2)CCC3)CCC1N.Cl. The zero-order chi connectivity index (χ0) is 13.6. The Morgan fingerprint density at radius 3 is 2.85 bits per heavy atom. The molecule has 1 aliphatic carbocycles. The van der Waals surface area contributed by atoms with Crippen LogP contribution in [0, 0.1) is 5.41 Å². The van der Waals surface area contributed by atoms with E-state index in [0.29, 0.717) is 0 Å². The molecule has 2 aliphatic rings. The van der Waals surface area contributed by atoms with Gasteiger partial charge in [-0.15, -0.1) is 23.7 Å². The lowest BCUT2D eigenvalue weighted by Gasteiger charge is -2.42. The Bertz CT molecular complexity index is 490.